The minimum absolute atomic E-state index is 0.370. The van der Waals surface area contributed by atoms with Gasteiger partial charge in [0.05, 0.1) is 28.6 Å². The van der Waals surface area contributed by atoms with E-state index in [1.54, 1.807) is 13.2 Å². The van der Waals surface area contributed by atoms with E-state index < -0.39 is 0 Å². The molecule has 19 heavy (non-hydrogen) atoms. The molecule has 2 rings (SSSR count). The Labute approximate surface area is 119 Å². The highest BCUT2D eigenvalue weighted by atomic mass is 79.9. The smallest absolute Gasteiger partial charge is 0.142 e. The van der Waals surface area contributed by atoms with Gasteiger partial charge in [-0.3, -0.25) is 0 Å². The molecule has 0 aliphatic rings. The van der Waals surface area contributed by atoms with E-state index in [-0.39, 0.29) is 5.82 Å². The van der Waals surface area contributed by atoms with Gasteiger partial charge in [0.25, 0.3) is 0 Å². The molecular formula is C14H14BrFN2O. The van der Waals surface area contributed by atoms with Gasteiger partial charge < -0.3 is 15.4 Å². The normalized spacial score (nSPS) is 10.3. The van der Waals surface area contributed by atoms with Gasteiger partial charge in [-0.15, -0.1) is 0 Å². The summed E-state index contributed by atoms with van der Waals surface area (Å²) in [6, 6.07) is 10.5. The molecule has 100 valence electrons. The Bertz CT molecular complexity index is 604. The van der Waals surface area contributed by atoms with Crippen LogP contribution in [-0.4, -0.2) is 14.2 Å². The van der Waals surface area contributed by atoms with Crippen molar-refractivity contribution in [1.82, 2.24) is 0 Å². The van der Waals surface area contributed by atoms with Crippen LogP contribution in [0.2, 0.25) is 0 Å². The predicted octanol–water partition coefficient (Wildman–Crippen LogP) is 3.95. The van der Waals surface area contributed by atoms with Crippen LogP contribution in [0.1, 0.15) is 0 Å². The summed E-state index contributed by atoms with van der Waals surface area (Å²) >= 11 is 3.17. The molecule has 0 aliphatic heterocycles. The van der Waals surface area contributed by atoms with Crippen molar-refractivity contribution in [3.8, 4) is 5.75 Å². The fraction of sp³-hybridized carbons (Fsp3) is 0.143. The van der Waals surface area contributed by atoms with E-state index in [1.807, 2.05) is 36.2 Å². The lowest BCUT2D eigenvalue weighted by molar-refractivity contribution is 0.415. The number of methoxy groups -OCH3 is 1. The summed E-state index contributed by atoms with van der Waals surface area (Å²) in [5.41, 5.74) is 7.81. The third kappa shape index (κ3) is 2.66. The molecule has 2 aromatic carbocycles. The number of anilines is 3. The maximum atomic E-state index is 13.4. The zero-order valence-corrected chi connectivity index (χ0v) is 12.2. The molecule has 3 nitrogen and oxygen atoms in total. The summed E-state index contributed by atoms with van der Waals surface area (Å²) in [6.45, 7) is 0. The quantitative estimate of drug-likeness (QED) is 0.869. The number of halogens is 2. The first-order chi connectivity index (χ1) is 9.04. The fourth-order valence-electron chi connectivity index (χ4n) is 1.88. The summed E-state index contributed by atoms with van der Waals surface area (Å²) in [4.78, 5) is 1.86. The molecule has 0 fully saturated rings. The molecule has 0 aromatic heterocycles. The lowest BCUT2D eigenvalue weighted by Crippen LogP contribution is -2.13. The number of nitrogen functional groups attached to an aromatic ring is 1. The van der Waals surface area contributed by atoms with Crippen molar-refractivity contribution in [2.45, 2.75) is 0 Å². The fourth-order valence-corrected chi connectivity index (χ4v) is 2.21. The van der Waals surface area contributed by atoms with Crippen molar-refractivity contribution < 1.29 is 9.13 Å². The number of nitrogens with zero attached hydrogens (tertiary/aromatic N) is 1. The topological polar surface area (TPSA) is 38.5 Å². The zero-order valence-electron chi connectivity index (χ0n) is 10.7. The van der Waals surface area contributed by atoms with E-state index in [0.717, 1.165) is 11.4 Å². The molecule has 0 saturated carbocycles. The second kappa shape index (κ2) is 5.48. The summed E-state index contributed by atoms with van der Waals surface area (Å²) in [5, 5.41) is 0. The van der Waals surface area contributed by atoms with Crippen LogP contribution in [-0.2, 0) is 0 Å². The molecule has 2 N–H and O–H groups in total. The largest absolute Gasteiger partial charge is 0.495 e. The Morgan fingerprint density at radius 2 is 1.89 bits per heavy atom. The standard InChI is InChI=1S/C14H14BrFN2O/c1-18(12-5-3-4-6-14(12)19-2)13-7-9(15)10(16)8-11(13)17/h3-8H,17H2,1-2H3. The van der Waals surface area contributed by atoms with E-state index in [1.165, 1.54) is 6.07 Å². The zero-order chi connectivity index (χ0) is 14.0. The third-order valence-electron chi connectivity index (χ3n) is 2.88. The average Bonchev–Trinajstić information content (AvgIpc) is 2.42. The van der Waals surface area contributed by atoms with Gasteiger partial charge in [0, 0.05) is 13.1 Å². The Morgan fingerprint density at radius 3 is 2.58 bits per heavy atom. The minimum Gasteiger partial charge on any atom is -0.495 e. The highest BCUT2D eigenvalue weighted by molar-refractivity contribution is 9.10. The number of para-hydroxylation sites is 2. The van der Waals surface area contributed by atoms with E-state index in [9.17, 15) is 4.39 Å². The molecule has 0 atom stereocenters. The maximum Gasteiger partial charge on any atom is 0.142 e. The number of nitrogens with two attached hydrogens (primary N) is 1. The van der Waals surface area contributed by atoms with Crippen molar-refractivity contribution in [2.75, 3.05) is 24.8 Å². The number of hydrogen-bond acceptors (Lipinski definition) is 3. The Hall–Kier alpha value is -1.75. The Balaban J connectivity index is 2.50. The average molecular weight is 325 g/mol. The van der Waals surface area contributed by atoms with Crippen LogP contribution < -0.4 is 15.4 Å². The lowest BCUT2D eigenvalue weighted by Gasteiger charge is -2.23. The van der Waals surface area contributed by atoms with Crippen LogP contribution in [0.15, 0.2) is 40.9 Å². The van der Waals surface area contributed by atoms with Gasteiger partial charge in [-0.1, -0.05) is 12.1 Å². The van der Waals surface area contributed by atoms with Crippen molar-refractivity contribution >= 4 is 33.0 Å². The lowest BCUT2D eigenvalue weighted by atomic mass is 10.2. The van der Waals surface area contributed by atoms with Gasteiger partial charge in [-0.05, 0) is 34.1 Å². The number of ether oxygens (including phenoxy) is 1. The van der Waals surface area contributed by atoms with Gasteiger partial charge >= 0.3 is 0 Å². The van der Waals surface area contributed by atoms with Crippen LogP contribution >= 0.6 is 15.9 Å². The second-order valence-corrected chi connectivity index (χ2v) is 4.91. The number of benzene rings is 2. The highest BCUT2D eigenvalue weighted by Crippen LogP contribution is 2.37. The predicted molar refractivity (Wildman–Crippen MR) is 79.6 cm³/mol. The molecular weight excluding hydrogens is 311 g/mol. The first kappa shape index (κ1) is 13.7. The summed E-state index contributed by atoms with van der Waals surface area (Å²) < 4.78 is 19.1. The summed E-state index contributed by atoms with van der Waals surface area (Å²) in [7, 11) is 3.46. The van der Waals surface area contributed by atoms with Gasteiger partial charge in [0.2, 0.25) is 0 Å². The maximum absolute atomic E-state index is 13.4. The highest BCUT2D eigenvalue weighted by Gasteiger charge is 2.14. The molecule has 0 spiro atoms. The van der Waals surface area contributed by atoms with Gasteiger partial charge in [0.15, 0.2) is 0 Å². The van der Waals surface area contributed by atoms with Gasteiger partial charge in [0.1, 0.15) is 11.6 Å². The molecule has 0 radical (unpaired) electrons. The van der Waals surface area contributed by atoms with Crippen LogP contribution in [0.5, 0.6) is 5.75 Å². The molecule has 0 unspecified atom stereocenters. The van der Waals surface area contributed by atoms with Gasteiger partial charge in [-0.2, -0.15) is 0 Å². The van der Waals surface area contributed by atoms with Crippen LogP contribution in [0.25, 0.3) is 0 Å². The van der Waals surface area contributed by atoms with E-state index in [0.29, 0.717) is 15.8 Å². The molecule has 0 heterocycles. The van der Waals surface area contributed by atoms with Crippen LogP contribution in [0.3, 0.4) is 0 Å². The molecule has 2 aromatic rings. The molecule has 0 bridgehead atoms. The van der Waals surface area contributed by atoms with Crippen molar-refractivity contribution in [2.24, 2.45) is 0 Å². The molecule has 5 heteroatoms. The monoisotopic (exact) mass is 324 g/mol. The van der Waals surface area contributed by atoms with Crippen molar-refractivity contribution in [3.63, 3.8) is 0 Å². The minimum atomic E-state index is -0.380. The van der Waals surface area contributed by atoms with Crippen molar-refractivity contribution in [1.29, 1.82) is 0 Å². The number of hydrogen-bond donors (Lipinski definition) is 1. The summed E-state index contributed by atoms with van der Waals surface area (Å²) in [5.74, 6) is 0.347. The first-order valence-electron chi connectivity index (χ1n) is 5.66. The Morgan fingerprint density at radius 1 is 1.21 bits per heavy atom. The SMILES string of the molecule is COc1ccccc1N(C)c1cc(Br)c(F)cc1N. The molecule has 0 aliphatic carbocycles. The van der Waals surface area contributed by atoms with E-state index in [2.05, 4.69) is 15.9 Å². The van der Waals surface area contributed by atoms with Crippen molar-refractivity contribution in [3.05, 3.63) is 46.7 Å². The van der Waals surface area contributed by atoms with E-state index >= 15 is 0 Å². The van der Waals surface area contributed by atoms with Crippen LogP contribution in [0.4, 0.5) is 21.5 Å². The summed E-state index contributed by atoms with van der Waals surface area (Å²) in [6.07, 6.45) is 0. The second-order valence-electron chi connectivity index (χ2n) is 4.06. The molecule has 0 amide bonds. The number of rotatable bonds is 3. The molecule has 0 saturated heterocycles. The van der Waals surface area contributed by atoms with E-state index in [4.69, 9.17) is 10.5 Å². The van der Waals surface area contributed by atoms with Gasteiger partial charge in [-0.25, -0.2) is 4.39 Å². The Kier molecular flexibility index (Phi) is 3.95. The first-order valence-corrected chi connectivity index (χ1v) is 6.45. The third-order valence-corrected chi connectivity index (χ3v) is 3.49. The van der Waals surface area contributed by atoms with Crippen LogP contribution in [0, 0.1) is 5.82 Å².